The summed E-state index contributed by atoms with van der Waals surface area (Å²) in [5.74, 6) is 1.31. The quantitative estimate of drug-likeness (QED) is 0.785. The van der Waals surface area contributed by atoms with Crippen LogP contribution in [0, 0.1) is 5.92 Å². The lowest BCUT2D eigenvalue weighted by molar-refractivity contribution is 0.00221. The summed E-state index contributed by atoms with van der Waals surface area (Å²) in [5.41, 5.74) is -0.563. The maximum absolute atomic E-state index is 11.5. The number of rotatable bonds is 4. The summed E-state index contributed by atoms with van der Waals surface area (Å²) in [6, 6.07) is 3.47. The van der Waals surface area contributed by atoms with Crippen molar-refractivity contribution in [1.29, 1.82) is 0 Å². The van der Waals surface area contributed by atoms with Crippen LogP contribution in [-0.2, 0) is 0 Å². The molecule has 1 saturated carbocycles. The van der Waals surface area contributed by atoms with Gasteiger partial charge in [-0.05, 0) is 43.7 Å². The highest BCUT2D eigenvalue weighted by molar-refractivity contribution is 5.43. The minimum atomic E-state index is -0.677. The molecule has 114 valence electrons. The van der Waals surface area contributed by atoms with E-state index in [-0.39, 0.29) is 5.69 Å². The molecular weight excluding hydrogens is 270 g/mol. The summed E-state index contributed by atoms with van der Waals surface area (Å²) in [6.07, 6.45) is 4.95. The summed E-state index contributed by atoms with van der Waals surface area (Å²) in [6.45, 7) is 2.66. The second kappa shape index (κ2) is 5.48. The Morgan fingerprint density at radius 1 is 1.48 bits per heavy atom. The Labute approximate surface area is 122 Å². The molecule has 0 atom stereocenters. The standard InChI is InChI=1S/C14H21N5O2/c1-2-10-5-7-14(21,8-6-10)9-15-11-3-4-12-16-17-13(20)19(12)18-11/h3-4,10,21H,2,5-9H2,1H3,(H,15,18)(H,17,20). The first-order chi connectivity index (χ1) is 10.1. The van der Waals surface area contributed by atoms with Crippen molar-refractivity contribution >= 4 is 11.5 Å². The molecule has 1 fully saturated rings. The fourth-order valence-electron chi connectivity index (χ4n) is 2.95. The van der Waals surface area contributed by atoms with E-state index in [1.165, 1.54) is 10.9 Å². The lowest BCUT2D eigenvalue weighted by Gasteiger charge is -2.35. The molecule has 21 heavy (non-hydrogen) atoms. The van der Waals surface area contributed by atoms with Gasteiger partial charge in [-0.2, -0.15) is 9.61 Å². The monoisotopic (exact) mass is 291 g/mol. The summed E-state index contributed by atoms with van der Waals surface area (Å²) in [4.78, 5) is 11.5. The Bertz CT molecular complexity index is 669. The van der Waals surface area contributed by atoms with E-state index in [4.69, 9.17) is 0 Å². The first-order valence-corrected chi connectivity index (χ1v) is 7.50. The van der Waals surface area contributed by atoms with Gasteiger partial charge in [0.15, 0.2) is 5.65 Å². The molecule has 0 saturated heterocycles. The zero-order chi connectivity index (χ0) is 14.9. The van der Waals surface area contributed by atoms with Crippen LogP contribution in [0.4, 0.5) is 5.82 Å². The number of anilines is 1. The molecule has 3 rings (SSSR count). The van der Waals surface area contributed by atoms with Crippen molar-refractivity contribution in [3.05, 3.63) is 22.6 Å². The summed E-state index contributed by atoms with van der Waals surface area (Å²) >= 11 is 0. The molecule has 0 unspecified atom stereocenters. The normalized spacial score (nSPS) is 26.1. The van der Waals surface area contributed by atoms with Crippen molar-refractivity contribution in [3.63, 3.8) is 0 Å². The van der Waals surface area contributed by atoms with Gasteiger partial charge in [0.25, 0.3) is 0 Å². The molecule has 0 radical (unpaired) electrons. The first kappa shape index (κ1) is 14.1. The molecule has 7 heteroatoms. The van der Waals surface area contributed by atoms with Crippen LogP contribution in [0.15, 0.2) is 16.9 Å². The summed E-state index contributed by atoms with van der Waals surface area (Å²) in [7, 11) is 0. The number of hydrogen-bond donors (Lipinski definition) is 3. The smallest absolute Gasteiger partial charge is 0.364 e. The van der Waals surface area contributed by atoms with E-state index < -0.39 is 5.60 Å². The first-order valence-electron chi connectivity index (χ1n) is 7.50. The molecule has 2 heterocycles. The van der Waals surface area contributed by atoms with Crippen LogP contribution in [0.25, 0.3) is 5.65 Å². The topological polar surface area (TPSA) is 95.3 Å². The molecule has 0 amide bonds. The van der Waals surface area contributed by atoms with Crippen molar-refractivity contribution in [2.75, 3.05) is 11.9 Å². The van der Waals surface area contributed by atoms with Crippen LogP contribution in [0.3, 0.4) is 0 Å². The van der Waals surface area contributed by atoms with Gasteiger partial charge in [-0.25, -0.2) is 9.89 Å². The third-order valence-electron chi connectivity index (χ3n) is 4.49. The average Bonchev–Trinajstić information content (AvgIpc) is 2.87. The second-order valence-electron chi connectivity index (χ2n) is 5.95. The fraction of sp³-hybridized carbons (Fsp3) is 0.643. The van der Waals surface area contributed by atoms with Crippen LogP contribution in [0.5, 0.6) is 0 Å². The van der Waals surface area contributed by atoms with Crippen molar-refractivity contribution < 1.29 is 5.11 Å². The lowest BCUT2D eigenvalue weighted by Crippen LogP contribution is -2.40. The molecule has 0 aromatic carbocycles. The number of aromatic nitrogens is 4. The molecule has 1 aliphatic rings. The van der Waals surface area contributed by atoms with Gasteiger partial charge in [-0.1, -0.05) is 13.3 Å². The number of nitrogens with one attached hydrogen (secondary N) is 2. The van der Waals surface area contributed by atoms with Gasteiger partial charge in [-0.3, -0.25) is 0 Å². The van der Waals surface area contributed by atoms with Crippen molar-refractivity contribution in [3.8, 4) is 0 Å². The Morgan fingerprint density at radius 3 is 2.95 bits per heavy atom. The average molecular weight is 291 g/mol. The van der Waals surface area contributed by atoms with E-state index >= 15 is 0 Å². The molecule has 2 aromatic heterocycles. The van der Waals surface area contributed by atoms with Crippen LogP contribution in [0.1, 0.15) is 39.0 Å². The van der Waals surface area contributed by atoms with Crippen molar-refractivity contribution in [1.82, 2.24) is 19.8 Å². The fourth-order valence-corrected chi connectivity index (χ4v) is 2.95. The number of hydrogen-bond acceptors (Lipinski definition) is 5. The highest BCUT2D eigenvalue weighted by Crippen LogP contribution is 2.33. The number of H-pyrrole nitrogens is 1. The van der Waals surface area contributed by atoms with Gasteiger partial charge in [0.2, 0.25) is 0 Å². The molecule has 0 aliphatic heterocycles. The molecule has 0 bridgehead atoms. The van der Waals surface area contributed by atoms with Crippen LogP contribution in [0.2, 0.25) is 0 Å². The van der Waals surface area contributed by atoms with E-state index in [0.717, 1.165) is 31.6 Å². The van der Waals surface area contributed by atoms with Crippen LogP contribution >= 0.6 is 0 Å². The van der Waals surface area contributed by atoms with E-state index in [9.17, 15) is 9.90 Å². The Kier molecular flexibility index (Phi) is 3.67. The van der Waals surface area contributed by atoms with Crippen molar-refractivity contribution in [2.24, 2.45) is 5.92 Å². The van der Waals surface area contributed by atoms with Crippen LogP contribution in [-0.4, -0.2) is 37.1 Å². The highest BCUT2D eigenvalue weighted by atomic mass is 16.3. The van der Waals surface area contributed by atoms with E-state index in [1.807, 2.05) is 0 Å². The third kappa shape index (κ3) is 2.92. The number of aromatic amines is 1. The largest absolute Gasteiger partial charge is 0.388 e. The van der Waals surface area contributed by atoms with Gasteiger partial charge >= 0.3 is 5.69 Å². The highest BCUT2D eigenvalue weighted by Gasteiger charge is 2.32. The summed E-state index contributed by atoms with van der Waals surface area (Å²) < 4.78 is 1.21. The summed E-state index contributed by atoms with van der Waals surface area (Å²) in [5, 5.41) is 24.1. The minimum Gasteiger partial charge on any atom is -0.388 e. The number of fused-ring (bicyclic) bond motifs is 1. The van der Waals surface area contributed by atoms with Gasteiger partial charge in [0.1, 0.15) is 5.82 Å². The Morgan fingerprint density at radius 2 is 2.24 bits per heavy atom. The predicted molar refractivity (Wildman–Crippen MR) is 79.3 cm³/mol. The predicted octanol–water partition coefficient (Wildman–Crippen LogP) is 1.16. The van der Waals surface area contributed by atoms with Gasteiger partial charge < -0.3 is 10.4 Å². The molecular formula is C14H21N5O2. The Balaban J connectivity index is 1.66. The minimum absolute atomic E-state index is 0.365. The number of nitrogens with zero attached hydrogens (tertiary/aromatic N) is 3. The van der Waals surface area contributed by atoms with E-state index in [0.29, 0.717) is 18.0 Å². The van der Waals surface area contributed by atoms with Gasteiger partial charge in [0.05, 0.1) is 5.60 Å². The maximum atomic E-state index is 11.5. The van der Waals surface area contributed by atoms with E-state index in [2.05, 4.69) is 27.5 Å². The van der Waals surface area contributed by atoms with E-state index in [1.54, 1.807) is 12.1 Å². The molecule has 7 nitrogen and oxygen atoms in total. The van der Waals surface area contributed by atoms with Crippen LogP contribution < -0.4 is 11.0 Å². The Hall–Kier alpha value is -1.89. The zero-order valence-electron chi connectivity index (χ0n) is 12.2. The second-order valence-corrected chi connectivity index (χ2v) is 5.95. The lowest BCUT2D eigenvalue weighted by atomic mass is 9.78. The SMILES string of the molecule is CCC1CCC(O)(CNc2ccc3n[nH]c(=O)n3n2)CC1. The molecule has 3 N–H and O–H groups in total. The van der Waals surface area contributed by atoms with Gasteiger partial charge in [-0.15, -0.1) is 5.10 Å². The molecule has 1 aliphatic carbocycles. The number of aliphatic hydroxyl groups is 1. The zero-order valence-corrected chi connectivity index (χ0v) is 12.2. The molecule has 0 spiro atoms. The van der Waals surface area contributed by atoms with Gasteiger partial charge in [0, 0.05) is 6.54 Å². The maximum Gasteiger partial charge on any atom is 0.364 e. The van der Waals surface area contributed by atoms with Crippen molar-refractivity contribution in [2.45, 2.75) is 44.6 Å². The third-order valence-corrected chi connectivity index (χ3v) is 4.49. The molecule has 2 aromatic rings.